The molecule has 1 N–H and O–H groups in total. The van der Waals surface area contributed by atoms with Gasteiger partial charge < -0.3 is 18.9 Å². The second-order valence-corrected chi connectivity index (χ2v) is 5.81. The van der Waals surface area contributed by atoms with E-state index in [2.05, 4.69) is 0 Å². The summed E-state index contributed by atoms with van der Waals surface area (Å²) in [5.41, 5.74) is 1.33. The Labute approximate surface area is 130 Å². The Kier molecular flexibility index (Phi) is 8.23. The normalized spacial score (nSPS) is 17.0. The molecule has 0 amide bonds. The van der Waals surface area contributed by atoms with Crippen LogP contribution in [0.25, 0.3) is 0 Å². The third kappa shape index (κ3) is 5.24. The number of hydrogen-bond acceptors (Lipinski definition) is 4. The van der Waals surface area contributed by atoms with E-state index in [-0.39, 0.29) is 16.8 Å². The Hall–Kier alpha value is -0.640. The summed E-state index contributed by atoms with van der Waals surface area (Å²) in [7, 11) is 14.4. The fourth-order valence-corrected chi connectivity index (χ4v) is 2.54. The van der Waals surface area contributed by atoms with E-state index in [4.69, 9.17) is 29.7 Å². The number of methoxy groups -OCH3 is 2. The molecule has 0 bridgehead atoms. The van der Waals surface area contributed by atoms with Crippen molar-refractivity contribution in [2.24, 2.45) is 0 Å². The molecule has 1 aromatic carbocycles. The van der Waals surface area contributed by atoms with Gasteiger partial charge in [-0.3, -0.25) is 0 Å². The van der Waals surface area contributed by atoms with Crippen molar-refractivity contribution in [3.8, 4) is 0 Å². The first-order chi connectivity index (χ1) is 10.0. The maximum Gasteiger partial charge on any atom is 0.185 e. The van der Waals surface area contributed by atoms with Crippen molar-refractivity contribution < 1.29 is 18.9 Å². The Morgan fingerprint density at radius 1 is 1.14 bits per heavy atom. The lowest BCUT2D eigenvalue weighted by Gasteiger charge is -2.28. The van der Waals surface area contributed by atoms with Crippen molar-refractivity contribution in [3.63, 3.8) is 0 Å². The minimum atomic E-state index is -1.91. The van der Waals surface area contributed by atoms with Crippen molar-refractivity contribution >= 4 is 24.1 Å². The first-order valence-electron chi connectivity index (χ1n) is 6.42. The highest BCUT2D eigenvalue weighted by molar-refractivity contribution is 7.53. The van der Waals surface area contributed by atoms with Crippen LogP contribution in [0, 0.1) is 0 Å². The van der Waals surface area contributed by atoms with Crippen molar-refractivity contribution in [2.45, 2.75) is 18.6 Å². The molecule has 0 saturated heterocycles. The van der Waals surface area contributed by atoms with Gasteiger partial charge in [0.05, 0.1) is 12.2 Å². The van der Waals surface area contributed by atoms with E-state index in [1.54, 1.807) is 7.11 Å². The van der Waals surface area contributed by atoms with Crippen molar-refractivity contribution in [2.75, 3.05) is 21.3 Å². The van der Waals surface area contributed by atoms with Crippen LogP contribution in [0.3, 0.4) is 0 Å². The van der Waals surface area contributed by atoms with E-state index < -0.39 is 14.5 Å². The molecular weight excluding hydrogens is 285 g/mol. The molecule has 0 spiro atoms. The molecule has 7 heteroatoms. The average Bonchev–Trinajstić information content (AvgIpc) is 2.53. The predicted octanol–water partition coefficient (Wildman–Crippen LogP) is 1.72. The van der Waals surface area contributed by atoms with E-state index in [1.807, 2.05) is 30.3 Å². The molecule has 2 unspecified atom stereocenters. The summed E-state index contributed by atoms with van der Waals surface area (Å²) in [4.78, 5) is 9.67. The van der Waals surface area contributed by atoms with Gasteiger partial charge >= 0.3 is 0 Å². The second kappa shape index (κ2) is 9.39. The predicted molar refractivity (Wildman–Crippen MR) is 86.4 cm³/mol. The molecule has 4 nitrogen and oxygen atoms in total. The van der Waals surface area contributed by atoms with Crippen LogP contribution in [0.2, 0.25) is 0 Å². The molecule has 1 rings (SSSR count). The SMILES string of the molecule is [B]/C(=C(/[B])P(O)OC)C(OC)[C@H](Cc1ccccc1)OC. The molecule has 0 aromatic heterocycles. The fourth-order valence-electron chi connectivity index (χ4n) is 1.99. The standard InChI is InChI=1S/C14H19B2O4P/c1-18-11(9-10-7-5-4-6-8-10)13(19-2)12(15)14(16)21(17)20-3/h4-8,11,13,17H,9H2,1-3H3/b14-12-/t11-,13?,21?/m0/s1. The van der Waals surface area contributed by atoms with E-state index in [0.29, 0.717) is 6.42 Å². The summed E-state index contributed by atoms with van der Waals surface area (Å²) in [6, 6.07) is 9.85. The summed E-state index contributed by atoms with van der Waals surface area (Å²) >= 11 is 0. The minimum absolute atomic E-state index is 0.0921. The first-order valence-corrected chi connectivity index (χ1v) is 7.64. The Balaban J connectivity index is 2.94. The zero-order valence-corrected chi connectivity index (χ0v) is 13.4. The Morgan fingerprint density at radius 2 is 1.76 bits per heavy atom. The highest BCUT2D eigenvalue weighted by atomic mass is 31.2. The van der Waals surface area contributed by atoms with Gasteiger partial charge in [0.2, 0.25) is 0 Å². The molecular formula is C14H19B2O4P. The highest BCUT2D eigenvalue weighted by Crippen LogP contribution is 2.40. The lowest BCUT2D eigenvalue weighted by atomic mass is 9.81. The average molecular weight is 304 g/mol. The molecule has 0 heterocycles. The molecule has 0 fully saturated rings. The lowest BCUT2D eigenvalue weighted by Crippen LogP contribution is -2.34. The molecule has 3 atom stereocenters. The van der Waals surface area contributed by atoms with Gasteiger partial charge in [-0.2, -0.15) is 0 Å². The molecule has 110 valence electrons. The molecule has 4 radical (unpaired) electrons. The van der Waals surface area contributed by atoms with Crippen molar-refractivity contribution in [1.82, 2.24) is 0 Å². The van der Waals surface area contributed by atoms with Crippen LogP contribution in [0.5, 0.6) is 0 Å². The van der Waals surface area contributed by atoms with Crippen LogP contribution in [0.15, 0.2) is 41.0 Å². The smallest absolute Gasteiger partial charge is 0.185 e. The Morgan fingerprint density at radius 3 is 2.24 bits per heavy atom. The fraction of sp³-hybridized carbons (Fsp3) is 0.429. The largest absolute Gasteiger partial charge is 0.378 e. The van der Waals surface area contributed by atoms with Crippen LogP contribution in [-0.2, 0) is 20.4 Å². The first kappa shape index (κ1) is 18.4. The van der Waals surface area contributed by atoms with Gasteiger partial charge in [-0.25, -0.2) is 0 Å². The van der Waals surface area contributed by atoms with Crippen molar-refractivity contribution in [1.29, 1.82) is 0 Å². The van der Waals surface area contributed by atoms with Crippen LogP contribution >= 0.6 is 8.38 Å². The van der Waals surface area contributed by atoms with Crippen LogP contribution in [0.1, 0.15) is 5.56 Å². The highest BCUT2D eigenvalue weighted by Gasteiger charge is 2.25. The van der Waals surface area contributed by atoms with Gasteiger partial charge in [0, 0.05) is 27.8 Å². The van der Waals surface area contributed by atoms with E-state index in [0.717, 1.165) is 5.56 Å². The molecule has 0 aliphatic heterocycles. The molecule has 21 heavy (non-hydrogen) atoms. The van der Waals surface area contributed by atoms with Gasteiger partial charge in [-0.1, -0.05) is 41.0 Å². The second-order valence-electron chi connectivity index (χ2n) is 4.42. The van der Waals surface area contributed by atoms with E-state index in [1.165, 1.54) is 14.2 Å². The van der Waals surface area contributed by atoms with E-state index in [9.17, 15) is 4.89 Å². The van der Waals surface area contributed by atoms with Gasteiger partial charge in [0.25, 0.3) is 0 Å². The van der Waals surface area contributed by atoms with Crippen LogP contribution in [0.4, 0.5) is 0 Å². The number of benzene rings is 1. The molecule has 1 aromatic rings. The Bertz CT molecular complexity index is 456. The van der Waals surface area contributed by atoms with Gasteiger partial charge in [-0.05, 0) is 5.56 Å². The number of ether oxygens (including phenoxy) is 2. The van der Waals surface area contributed by atoms with Gasteiger partial charge in [0.15, 0.2) is 8.38 Å². The lowest BCUT2D eigenvalue weighted by molar-refractivity contribution is -0.0130. The number of rotatable bonds is 8. The maximum atomic E-state index is 9.67. The minimum Gasteiger partial charge on any atom is -0.378 e. The maximum absolute atomic E-state index is 9.67. The summed E-state index contributed by atoms with van der Waals surface area (Å²) in [5, 5.41) is 0.0921. The third-order valence-electron chi connectivity index (χ3n) is 3.16. The third-order valence-corrected chi connectivity index (χ3v) is 4.17. The van der Waals surface area contributed by atoms with Gasteiger partial charge in [-0.15, -0.1) is 0 Å². The zero-order chi connectivity index (χ0) is 15.8. The van der Waals surface area contributed by atoms with Crippen LogP contribution < -0.4 is 0 Å². The molecule has 0 aliphatic rings. The number of hydrogen-bond donors (Lipinski definition) is 1. The summed E-state index contributed by atoms with van der Waals surface area (Å²) in [6.07, 6.45) is -0.279. The summed E-state index contributed by atoms with van der Waals surface area (Å²) in [5.74, 6) is 0. The van der Waals surface area contributed by atoms with Crippen LogP contribution in [-0.4, -0.2) is 54.1 Å². The summed E-state index contributed by atoms with van der Waals surface area (Å²) < 4.78 is 15.7. The van der Waals surface area contributed by atoms with E-state index >= 15 is 0 Å². The quantitative estimate of drug-likeness (QED) is 0.587. The molecule has 0 aliphatic carbocycles. The summed E-state index contributed by atoms with van der Waals surface area (Å²) in [6.45, 7) is 0. The topological polar surface area (TPSA) is 47.9 Å². The zero-order valence-electron chi connectivity index (χ0n) is 12.5. The van der Waals surface area contributed by atoms with Crippen molar-refractivity contribution in [3.05, 3.63) is 46.6 Å². The monoisotopic (exact) mass is 304 g/mol. The van der Waals surface area contributed by atoms with Gasteiger partial charge in [0.1, 0.15) is 15.7 Å². The molecule has 0 saturated carbocycles.